The average molecular weight is 351 g/mol. The molecule has 26 heavy (non-hydrogen) atoms. The maximum Gasteiger partial charge on any atom is 0.230 e. The summed E-state index contributed by atoms with van der Waals surface area (Å²) in [5.74, 6) is 0.221. The topological polar surface area (TPSA) is 29.5 Å². The standard InChI is InChI=1S/C23H29NO2/c1-23(2,3)20-12-8-9-13-21(20)24-19(16-26-4)15-18(22(24)25)14-17-10-6-5-7-11-17/h5-13,18-19H,14-16H2,1-4H3/t18-,19-/m1/s1. The van der Waals surface area contributed by atoms with E-state index in [1.54, 1.807) is 7.11 Å². The van der Waals surface area contributed by atoms with Crippen LogP contribution in [0, 0.1) is 5.92 Å². The molecule has 3 heteroatoms. The van der Waals surface area contributed by atoms with E-state index in [-0.39, 0.29) is 23.3 Å². The number of methoxy groups -OCH3 is 1. The first-order chi connectivity index (χ1) is 12.4. The molecule has 0 saturated carbocycles. The van der Waals surface area contributed by atoms with Crippen LogP contribution in [0.5, 0.6) is 0 Å². The van der Waals surface area contributed by atoms with Crippen molar-refractivity contribution >= 4 is 11.6 Å². The summed E-state index contributed by atoms with van der Waals surface area (Å²) in [6, 6.07) is 18.7. The molecule has 2 atom stereocenters. The van der Waals surface area contributed by atoms with E-state index in [1.807, 2.05) is 29.2 Å². The lowest BCUT2D eigenvalue weighted by Gasteiger charge is -2.31. The number of rotatable bonds is 5. The van der Waals surface area contributed by atoms with Gasteiger partial charge in [0.25, 0.3) is 0 Å². The summed E-state index contributed by atoms with van der Waals surface area (Å²) in [5.41, 5.74) is 3.43. The van der Waals surface area contributed by atoms with E-state index in [4.69, 9.17) is 4.74 Å². The molecular formula is C23H29NO2. The van der Waals surface area contributed by atoms with Crippen LogP contribution >= 0.6 is 0 Å². The number of ether oxygens (including phenoxy) is 1. The molecule has 0 unspecified atom stereocenters. The molecule has 0 aliphatic carbocycles. The normalized spacial score (nSPS) is 20.6. The fraction of sp³-hybridized carbons (Fsp3) is 0.435. The molecule has 0 spiro atoms. The van der Waals surface area contributed by atoms with Gasteiger partial charge >= 0.3 is 0 Å². The van der Waals surface area contributed by atoms with Gasteiger partial charge in [0.15, 0.2) is 0 Å². The molecule has 0 bridgehead atoms. The van der Waals surface area contributed by atoms with Gasteiger partial charge in [0.2, 0.25) is 5.91 Å². The number of amides is 1. The second-order valence-corrected chi connectivity index (χ2v) is 8.21. The van der Waals surface area contributed by atoms with Gasteiger partial charge in [0.1, 0.15) is 0 Å². The molecule has 2 aromatic rings. The van der Waals surface area contributed by atoms with Gasteiger partial charge in [0, 0.05) is 18.7 Å². The smallest absolute Gasteiger partial charge is 0.230 e. The third kappa shape index (κ3) is 3.83. The summed E-state index contributed by atoms with van der Waals surface area (Å²) < 4.78 is 5.46. The molecule has 3 rings (SSSR count). The van der Waals surface area contributed by atoms with Gasteiger partial charge in [-0.25, -0.2) is 0 Å². The summed E-state index contributed by atoms with van der Waals surface area (Å²) in [4.78, 5) is 15.3. The van der Waals surface area contributed by atoms with Crippen LogP contribution < -0.4 is 4.90 Å². The monoisotopic (exact) mass is 351 g/mol. The fourth-order valence-corrected chi connectivity index (χ4v) is 3.95. The average Bonchev–Trinajstić information content (AvgIpc) is 2.91. The highest BCUT2D eigenvalue weighted by atomic mass is 16.5. The zero-order chi connectivity index (χ0) is 18.7. The van der Waals surface area contributed by atoms with Gasteiger partial charge in [-0.05, 0) is 35.4 Å². The highest BCUT2D eigenvalue weighted by Crippen LogP contribution is 2.38. The van der Waals surface area contributed by atoms with Crippen molar-refractivity contribution in [1.29, 1.82) is 0 Å². The minimum absolute atomic E-state index is 0.00516. The lowest BCUT2D eigenvalue weighted by atomic mass is 9.85. The Bertz CT molecular complexity index is 748. The van der Waals surface area contributed by atoms with Crippen molar-refractivity contribution in [3.8, 4) is 0 Å². The predicted molar refractivity (Wildman–Crippen MR) is 107 cm³/mol. The summed E-state index contributed by atoms with van der Waals surface area (Å²) in [6.07, 6.45) is 1.62. The number of para-hydroxylation sites is 1. The molecule has 1 aliphatic rings. The first kappa shape index (κ1) is 18.7. The Morgan fingerprint density at radius 2 is 1.69 bits per heavy atom. The Morgan fingerprint density at radius 3 is 2.35 bits per heavy atom. The van der Waals surface area contributed by atoms with E-state index >= 15 is 0 Å². The van der Waals surface area contributed by atoms with Crippen LogP contribution in [0.1, 0.15) is 38.3 Å². The largest absolute Gasteiger partial charge is 0.383 e. The Labute approximate surface area is 157 Å². The van der Waals surface area contributed by atoms with E-state index in [9.17, 15) is 4.79 Å². The van der Waals surface area contributed by atoms with Crippen molar-refractivity contribution in [2.75, 3.05) is 18.6 Å². The van der Waals surface area contributed by atoms with Gasteiger partial charge in [-0.1, -0.05) is 69.3 Å². The first-order valence-corrected chi connectivity index (χ1v) is 9.37. The highest BCUT2D eigenvalue weighted by Gasteiger charge is 2.41. The molecule has 0 N–H and O–H groups in total. The number of anilines is 1. The van der Waals surface area contributed by atoms with E-state index < -0.39 is 0 Å². The molecule has 1 saturated heterocycles. The maximum atomic E-state index is 13.3. The SMILES string of the molecule is COC[C@H]1C[C@@H](Cc2ccccc2)C(=O)N1c1ccccc1C(C)(C)C. The molecule has 1 aliphatic heterocycles. The molecule has 138 valence electrons. The second-order valence-electron chi connectivity index (χ2n) is 8.21. The van der Waals surface area contributed by atoms with E-state index in [1.165, 1.54) is 11.1 Å². The van der Waals surface area contributed by atoms with E-state index in [0.717, 1.165) is 18.5 Å². The molecular weight excluding hydrogens is 322 g/mol. The number of carbonyl (C=O) groups is 1. The van der Waals surface area contributed by atoms with Gasteiger partial charge in [-0.2, -0.15) is 0 Å². The van der Waals surface area contributed by atoms with Crippen molar-refractivity contribution in [3.63, 3.8) is 0 Å². The van der Waals surface area contributed by atoms with Crippen LogP contribution in [0.3, 0.4) is 0 Å². The van der Waals surface area contributed by atoms with Gasteiger partial charge < -0.3 is 9.64 Å². The van der Waals surface area contributed by atoms with Gasteiger partial charge in [0.05, 0.1) is 12.6 Å². The van der Waals surface area contributed by atoms with Crippen LogP contribution in [-0.2, 0) is 21.4 Å². The highest BCUT2D eigenvalue weighted by molar-refractivity contribution is 5.99. The van der Waals surface area contributed by atoms with Crippen molar-refractivity contribution in [2.45, 2.75) is 45.1 Å². The molecule has 2 aromatic carbocycles. The van der Waals surface area contributed by atoms with Crippen molar-refractivity contribution < 1.29 is 9.53 Å². The van der Waals surface area contributed by atoms with Gasteiger partial charge in [-0.3, -0.25) is 4.79 Å². The van der Waals surface area contributed by atoms with Crippen LogP contribution in [0.15, 0.2) is 54.6 Å². The summed E-state index contributed by atoms with van der Waals surface area (Å²) in [5, 5.41) is 0. The third-order valence-electron chi connectivity index (χ3n) is 5.16. The predicted octanol–water partition coefficient (Wildman–Crippen LogP) is 4.59. The zero-order valence-corrected chi connectivity index (χ0v) is 16.2. The fourth-order valence-electron chi connectivity index (χ4n) is 3.95. The first-order valence-electron chi connectivity index (χ1n) is 9.37. The molecule has 1 heterocycles. The van der Waals surface area contributed by atoms with E-state index in [0.29, 0.717) is 6.61 Å². The number of hydrogen-bond acceptors (Lipinski definition) is 2. The van der Waals surface area contributed by atoms with Crippen LogP contribution in [-0.4, -0.2) is 25.7 Å². The molecule has 0 radical (unpaired) electrons. The number of carbonyl (C=O) groups excluding carboxylic acids is 1. The number of nitrogens with zero attached hydrogens (tertiary/aromatic N) is 1. The van der Waals surface area contributed by atoms with E-state index in [2.05, 4.69) is 51.1 Å². The maximum absolute atomic E-state index is 13.3. The third-order valence-corrected chi connectivity index (χ3v) is 5.16. The molecule has 1 fully saturated rings. The molecule has 1 amide bonds. The minimum Gasteiger partial charge on any atom is -0.383 e. The molecule has 0 aromatic heterocycles. The van der Waals surface area contributed by atoms with Crippen LogP contribution in [0.25, 0.3) is 0 Å². The Hall–Kier alpha value is -2.13. The zero-order valence-electron chi connectivity index (χ0n) is 16.2. The molecule has 3 nitrogen and oxygen atoms in total. The van der Waals surface area contributed by atoms with Crippen LogP contribution in [0.2, 0.25) is 0 Å². The second kappa shape index (κ2) is 7.63. The summed E-state index contributed by atoms with van der Waals surface area (Å²) in [7, 11) is 1.71. The Kier molecular flexibility index (Phi) is 5.47. The lowest BCUT2D eigenvalue weighted by molar-refractivity contribution is -0.120. The minimum atomic E-state index is -0.0218. The number of benzene rings is 2. The van der Waals surface area contributed by atoms with Gasteiger partial charge in [-0.15, -0.1) is 0 Å². The summed E-state index contributed by atoms with van der Waals surface area (Å²) in [6.45, 7) is 7.15. The Morgan fingerprint density at radius 1 is 1.04 bits per heavy atom. The van der Waals surface area contributed by atoms with Crippen molar-refractivity contribution in [3.05, 3.63) is 65.7 Å². The lowest BCUT2D eigenvalue weighted by Crippen LogP contribution is -2.38. The Balaban J connectivity index is 1.94. The quantitative estimate of drug-likeness (QED) is 0.788. The summed E-state index contributed by atoms with van der Waals surface area (Å²) >= 11 is 0. The van der Waals surface area contributed by atoms with Crippen molar-refractivity contribution in [2.24, 2.45) is 5.92 Å². The van der Waals surface area contributed by atoms with Crippen molar-refractivity contribution in [1.82, 2.24) is 0 Å². The van der Waals surface area contributed by atoms with Crippen LogP contribution in [0.4, 0.5) is 5.69 Å². The number of hydrogen-bond donors (Lipinski definition) is 0.